The number of amides is 1. The topological polar surface area (TPSA) is 104 Å². The van der Waals surface area contributed by atoms with Crippen LogP contribution in [0.1, 0.15) is 31.1 Å². The Bertz CT molecular complexity index is 1100. The van der Waals surface area contributed by atoms with Gasteiger partial charge in [-0.3, -0.25) is 4.79 Å². The van der Waals surface area contributed by atoms with Crippen molar-refractivity contribution in [3.63, 3.8) is 0 Å². The molecule has 32 heavy (non-hydrogen) atoms. The molecular formula is C22H25FN2O6S. The van der Waals surface area contributed by atoms with Crippen LogP contribution in [0.2, 0.25) is 0 Å². The minimum atomic E-state index is -3.84. The first kappa shape index (κ1) is 23.7. The van der Waals surface area contributed by atoms with Gasteiger partial charge in [-0.2, -0.15) is 4.31 Å². The zero-order valence-corrected chi connectivity index (χ0v) is 18.8. The normalized spacial score (nSPS) is 17.8. The van der Waals surface area contributed by atoms with Gasteiger partial charge >= 0.3 is 5.97 Å². The second-order valence-corrected chi connectivity index (χ2v) is 10.0. The van der Waals surface area contributed by atoms with Crippen molar-refractivity contribution in [3.05, 3.63) is 59.9 Å². The largest absolute Gasteiger partial charge is 0.478 e. The van der Waals surface area contributed by atoms with Crippen molar-refractivity contribution < 1.29 is 32.2 Å². The molecule has 10 heteroatoms. The molecule has 0 aromatic heterocycles. The van der Waals surface area contributed by atoms with E-state index in [1.54, 1.807) is 25.7 Å². The molecule has 2 aromatic rings. The number of carbonyl (C=O) groups is 2. The number of piperazine rings is 1. The van der Waals surface area contributed by atoms with E-state index in [0.717, 1.165) is 0 Å². The van der Waals surface area contributed by atoms with Crippen LogP contribution < -0.4 is 4.74 Å². The van der Waals surface area contributed by atoms with Gasteiger partial charge in [0.25, 0.3) is 5.91 Å². The summed E-state index contributed by atoms with van der Waals surface area (Å²) in [5, 5.41) is 8.99. The number of rotatable bonds is 6. The maximum atomic E-state index is 13.1. The summed E-state index contributed by atoms with van der Waals surface area (Å²) >= 11 is 0. The quantitative estimate of drug-likeness (QED) is 0.705. The average Bonchev–Trinajstić information content (AvgIpc) is 2.74. The Morgan fingerprint density at radius 2 is 1.66 bits per heavy atom. The van der Waals surface area contributed by atoms with Crippen LogP contribution >= 0.6 is 0 Å². The molecule has 8 nitrogen and oxygen atoms in total. The second kappa shape index (κ2) is 8.87. The highest BCUT2D eigenvalue weighted by atomic mass is 32.2. The number of nitrogens with zero attached hydrogens (tertiary/aromatic N) is 2. The van der Waals surface area contributed by atoms with E-state index < -0.39 is 33.5 Å². The predicted octanol–water partition coefficient (Wildman–Crippen LogP) is 2.60. The Morgan fingerprint density at radius 1 is 1.06 bits per heavy atom. The molecule has 1 atom stereocenters. The molecule has 1 saturated heterocycles. The molecule has 3 rings (SSSR count). The summed E-state index contributed by atoms with van der Waals surface area (Å²) in [4.78, 5) is 25.7. The molecule has 172 valence electrons. The molecule has 1 amide bonds. The summed E-state index contributed by atoms with van der Waals surface area (Å²) in [6.07, 6.45) is 0. The van der Waals surface area contributed by atoms with Gasteiger partial charge in [0.2, 0.25) is 10.0 Å². The molecule has 1 aliphatic rings. The zero-order valence-electron chi connectivity index (χ0n) is 18.0. The third-order valence-corrected chi connectivity index (χ3v) is 7.17. The van der Waals surface area contributed by atoms with Crippen molar-refractivity contribution in [3.8, 4) is 5.75 Å². The SMILES string of the molecule is CC1CN(S(=O)(=O)c2ccc(C(=O)O)cc2)CCN1C(=O)C(C)(C)Oc1ccc(F)cc1. The number of hydrogen-bond acceptors (Lipinski definition) is 5. The van der Waals surface area contributed by atoms with Crippen LogP contribution in [0.25, 0.3) is 0 Å². The number of carboxylic acids is 1. The van der Waals surface area contributed by atoms with Crippen LogP contribution in [0.3, 0.4) is 0 Å². The van der Waals surface area contributed by atoms with E-state index in [1.807, 2.05) is 0 Å². The summed E-state index contributed by atoms with van der Waals surface area (Å²) in [6, 6.07) is 9.96. The fourth-order valence-electron chi connectivity index (χ4n) is 3.55. The highest BCUT2D eigenvalue weighted by Gasteiger charge is 2.40. The molecule has 1 fully saturated rings. The average molecular weight is 465 g/mol. The Kier molecular flexibility index (Phi) is 6.56. The molecule has 0 saturated carbocycles. The third kappa shape index (κ3) is 4.91. The van der Waals surface area contributed by atoms with E-state index in [9.17, 15) is 22.4 Å². The monoisotopic (exact) mass is 464 g/mol. The second-order valence-electron chi connectivity index (χ2n) is 8.11. The first-order valence-electron chi connectivity index (χ1n) is 10.0. The summed E-state index contributed by atoms with van der Waals surface area (Å²) in [5.74, 6) is -1.51. The number of carbonyl (C=O) groups excluding carboxylic acids is 1. The first-order valence-corrected chi connectivity index (χ1v) is 11.4. The van der Waals surface area contributed by atoms with Crippen molar-refractivity contribution in [2.75, 3.05) is 19.6 Å². The predicted molar refractivity (Wildman–Crippen MR) is 114 cm³/mol. The Balaban J connectivity index is 1.70. The number of carboxylic acid groups (broad SMARTS) is 1. The standard InChI is InChI=1S/C22H25FN2O6S/c1-15-14-24(32(29,30)19-10-4-16(5-11-19)20(26)27)12-13-25(15)21(28)22(2,3)31-18-8-6-17(23)7-9-18/h4-11,15H,12-14H2,1-3H3,(H,26,27). The first-order chi connectivity index (χ1) is 14.9. The van der Waals surface area contributed by atoms with Crippen molar-refractivity contribution in [1.82, 2.24) is 9.21 Å². The molecule has 0 bridgehead atoms. The molecule has 1 heterocycles. The van der Waals surface area contributed by atoms with Gasteiger partial charge in [0, 0.05) is 25.7 Å². The number of ether oxygens (including phenoxy) is 1. The van der Waals surface area contributed by atoms with Gasteiger partial charge in [-0.15, -0.1) is 0 Å². The lowest BCUT2D eigenvalue weighted by molar-refractivity contribution is -0.149. The number of halogens is 1. The van der Waals surface area contributed by atoms with Crippen molar-refractivity contribution in [2.45, 2.75) is 37.3 Å². The fraction of sp³-hybridized carbons (Fsp3) is 0.364. The van der Waals surface area contributed by atoms with Gasteiger partial charge in [0.05, 0.1) is 10.5 Å². The third-order valence-electron chi connectivity index (χ3n) is 5.29. The minimum Gasteiger partial charge on any atom is -0.478 e. The van der Waals surface area contributed by atoms with Crippen LogP contribution in [-0.4, -0.2) is 65.9 Å². The summed E-state index contributed by atoms with van der Waals surface area (Å²) < 4.78 is 46.1. The Morgan fingerprint density at radius 3 is 2.19 bits per heavy atom. The van der Waals surface area contributed by atoms with Crippen LogP contribution in [0.4, 0.5) is 4.39 Å². The molecule has 1 N–H and O–H groups in total. The van der Waals surface area contributed by atoms with Crippen LogP contribution in [-0.2, 0) is 14.8 Å². The molecule has 0 radical (unpaired) electrons. The molecule has 0 aliphatic carbocycles. The minimum absolute atomic E-state index is 0.00359. The summed E-state index contributed by atoms with van der Waals surface area (Å²) in [7, 11) is -3.84. The molecular weight excluding hydrogens is 439 g/mol. The van der Waals surface area contributed by atoms with E-state index >= 15 is 0 Å². The van der Waals surface area contributed by atoms with Gasteiger partial charge in [-0.1, -0.05) is 0 Å². The van der Waals surface area contributed by atoms with E-state index in [0.29, 0.717) is 5.75 Å². The Hall–Kier alpha value is -2.98. The maximum absolute atomic E-state index is 13.1. The number of aromatic carboxylic acids is 1. The summed E-state index contributed by atoms with van der Waals surface area (Å²) in [6.45, 7) is 5.31. The highest BCUT2D eigenvalue weighted by Crippen LogP contribution is 2.25. The van der Waals surface area contributed by atoms with Gasteiger partial charge in [0.15, 0.2) is 5.60 Å². The zero-order chi connectivity index (χ0) is 23.7. The molecule has 2 aromatic carbocycles. The van der Waals surface area contributed by atoms with E-state index in [-0.39, 0.29) is 36.0 Å². The highest BCUT2D eigenvalue weighted by molar-refractivity contribution is 7.89. The Labute approximate surface area is 186 Å². The van der Waals surface area contributed by atoms with E-state index in [4.69, 9.17) is 9.84 Å². The number of benzene rings is 2. The van der Waals surface area contributed by atoms with Crippen molar-refractivity contribution >= 4 is 21.9 Å². The lowest BCUT2D eigenvalue weighted by Crippen LogP contribution is -2.60. The van der Waals surface area contributed by atoms with Crippen LogP contribution in [0, 0.1) is 5.82 Å². The van der Waals surface area contributed by atoms with E-state index in [2.05, 4.69) is 0 Å². The molecule has 1 aliphatic heterocycles. The lowest BCUT2D eigenvalue weighted by Gasteiger charge is -2.42. The maximum Gasteiger partial charge on any atom is 0.335 e. The van der Waals surface area contributed by atoms with Crippen LogP contribution in [0.5, 0.6) is 5.75 Å². The number of sulfonamides is 1. The van der Waals surface area contributed by atoms with Gasteiger partial charge in [-0.25, -0.2) is 17.6 Å². The van der Waals surface area contributed by atoms with Crippen LogP contribution in [0.15, 0.2) is 53.4 Å². The fourth-order valence-corrected chi connectivity index (χ4v) is 5.06. The van der Waals surface area contributed by atoms with Gasteiger partial charge < -0.3 is 14.7 Å². The van der Waals surface area contributed by atoms with Crippen molar-refractivity contribution in [1.29, 1.82) is 0 Å². The lowest BCUT2D eigenvalue weighted by atomic mass is 10.0. The molecule has 0 spiro atoms. The van der Waals surface area contributed by atoms with Gasteiger partial charge in [0.1, 0.15) is 11.6 Å². The van der Waals surface area contributed by atoms with E-state index in [1.165, 1.54) is 52.8 Å². The van der Waals surface area contributed by atoms with Gasteiger partial charge in [-0.05, 0) is 69.3 Å². The summed E-state index contributed by atoms with van der Waals surface area (Å²) in [5.41, 5.74) is -1.24. The number of hydrogen-bond donors (Lipinski definition) is 1. The smallest absolute Gasteiger partial charge is 0.335 e. The molecule has 1 unspecified atom stereocenters. The van der Waals surface area contributed by atoms with Crippen molar-refractivity contribution in [2.24, 2.45) is 0 Å².